The number of nitro groups is 1. The van der Waals surface area contributed by atoms with Gasteiger partial charge in [0.15, 0.2) is 0 Å². The van der Waals surface area contributed by atoms with Gasteiger partial charge in [0.25, 0.3) is 5.69 Å². The summed E-state index contributed by atoms with van der Waals surface area (Å²) in [6, 6.07) is 4.14. The van der Waals surface area contributed by atoms with Crippen molar-refractivity contribution in [1.29, 1.82) is 0 Å². The maximum Gasteiger partial charge on any atom is 0.293 e. The van der Waals surface area contributed by atoms with Crippen LogP contribution in [0, 0.1) is 10.1 Å². The van der Waals surface area contributed by atoms with Crippen molar-refractivity contribution in [1.82, 2.24) is 0 Å². The Bertz CT molecular complexity index is 418. The predicted octanol–water partition coefficient (Wildman–Crippen LogP) is 1.52. The van der Waals surface area contributed by atoms with Crippen molar-refractivity contribution in [2.24, 2.45) is 5.73 Å². The molecule has 0 atom stereocenters. The van der Waals surface area contributed by atoms with Crippen LogP contribution in [0.4, 0.5) is 11.4 Å². The van der Waals surface area contributed by atoms with Gasteiger partial charge < -0.3 is 11.1 Å². The van der Waals surface area contributed by atoms with Gasteiger partial charge in [-0.3, -0.25) is 14.9 Å². The number of benzene rings is 1. The number of amides is 1. The molecule has 0 spiro atoms. The van der Waals surface area contributed by atoms with Gasteiger partial charge in [-0.05, 0) is 18.6 Å². The first-order chi connectivity index (χ1) is 7.56. The molecule has 1 aromatic rings. The molecule has 0 radical (unpaired) electrons. The summed E-state index contributed by atoms with van der Waals surface area (Å²) in [7, 11) is 0. The third-order valence-electron chi connectivity index (χ3n) is 2.04. The fourth-order valence-electron chi connectivity index (χ4n) is 1.25. The van der Waals surface area contributed by atoms with Gasteiger partial charge in [0.2, 0.25) is 5.91 Å². The number of hydrogen-bond donors (Lipinski definition) is 2. The SMILES string of the molecule is CCCNc1ccc(C(N)=O)cc1[N+](=O)[O-]. The van der Waals surface area contributed by atoms with E-state index in [2.05, 4.69) is 5.32 Å². The number of carbonyl (C=O) groups is 1. The molecule has 0 heterocycles. The van der Waals surface area contributed by atoms with E-state index < -0.39 is 10.8 Å². The number of rotatable bonds is 5. The maximum atomic E-state index is 10.9. The van der Waals surface area contributed by atoms with Crippen LogP contribution in [0.2, 0.25) is 0 Å². The number of nitro benzene ring substituents is 1. The highest BCUT2D eigenvalue weighted by Gasteiger charge is 2.15. The first-order valence-electron chi connectivity index (χ1n) is 4.88. The van der Waals surface area contributed by atoms with Crippen LogP contribution in [0.1, 0.15) is 23.7 Å². The van der Waals surface area contributed by atoms with Gasteiger partial charge in [-0.2, -0.15) is 0 Å². The Balaban J connectivity index is 3.09. The van der Waals surface area contributed by atoms with E-state index in [0.717, 1.165) is 6.42 Å². The van der Waals surface area contributed by atoms with Gasteiger partial charge in [-0.15, -0.1) is 0 Å². The van der Waals surface area contributed by atoms with E-state index in [1.54, 1.807) is 0 Å². The summed E-state index contributed by atoms with van der Waals surface area (Å²) in [6.07, 6.45) is 0.856. The molecule has 0 bridgehead atoms. The number of hydrogen-bond acceptors (Lipinski definition) is 4. The normalized spacial score (nSPS) is 9.81. The van der Waals surface area contributed by atoms with Gasteiger partial charge >= 0.3 is 0 Å². The molecule has 6 heteroatoms. The lowest BCUT2D eigenvalue weighted by Gasteiger charge is -2.06. The van der Waals surface area contributed by atoms with Crippen LogP contribution in [0.15, 0.2) is 18.2 Å². The van der Waals surface area contributed by atoms with E-state index in [9.17, 15) is 14.9 Å². The van der Waals surface area contributed by atoms with Crippen molar-refractivity contribution in [3.8, 4) is 0 Å². The molecule has 86 valence electrons. The maximum absolute atomic E-state index is 10.9. The van der Waals surface area contributed by atoms with E-state index >= 15 is 0 Å². The third kappa shape index (κ3) is 2.69. The van der Waals surface area contributed by atoms with Crippen molar-refractivity contribution in [3.63, 3.8) is 0 Å². The zero-order valence-electron chi connectivity index (χ0n) is 8.90. The minimum Gasteiger partial charge on any atom is -0.380 e. The van der Waals surface area contributed by atoms with Crippen molar-refractivity contribution in [2.45, 2.75) is 13.3 Å². The van der Waals surface area contributed by atoms with Gasteiger partial charge in [0.05, 0.1) is 4.92 Å². The summed E-state index contributed by atoms with van der Waals surface area (Å²) in [5, 5.41) is 13.7. The van der Waals surface area contributed by atoms with Gasteiger partial charge in [0, 0.05) is 18.2 Å². The molecule has 6 nitrogen and oxygen atoms in total. The van der Waals surface area contributed by atoms with Crippen molar-refractivity contribution in [2.75, 3.05) is 11.9 Å². The third-order valence-corrected chi connectivity index (χ3v) is 2.04. The van der Waals surface area contributed by atoms with Crippen LogP contribution >= 0.6 is 0 Å². The smallest absolute Gasteiger partial charge is 0.293 e. The lowest BCUT2D eigenvalue weighted by molar-refractivity contribution is -0.384. The number of nitrogens with two attached hydrogens (primary N) is 1. The molecule has 16 heavy (non-hydrogen) atoms. The number of nitrogens with zero attached hydrogens (tertiary/aromatic N) is 1. The highest BCUT2D eigenvalue weighted by Crippen LogP contribution is 2.25. The van der Waals surface area contributed by atoms with Crippen LogP contribution in [0.25, 0.3) is 0 Å². The number of anilines is 1. The van der Waals surface area contributed by atoms with E-state index in [0.29, 0.717) is 12.2 Å². The Morgan fingerprint density at radius 3 is 2.75 bits per heavy atom. The summed E-state index contributed by atoms with van der Waals surface area (Å²) < 4.78 is 0. The fourth-order valence-corrected chi connectivity index (χ4v) is 1.25. The van der Waals surface area contributed by atoms with Gasteiger partial charge in [-0.25, -0.2) is 0 Å². The minimum absolute atomic E-state index is 0.133. The Hall–Kier alpha value is -2.11. The second kappa shape index (κ2) is 5.11. The molecule has 0 saturated carbocycles. The van der Waals surface area contributed by atoms with Crippen molar-refractivity contribution >= 4 is 17.3 Å². The van der Waals surface area contributed by atoms with E-state index in [-0.39, 0.29) is 11.3 Å². The monoisotopic (exact) mass is 223 g/mol. The topological polar surface area (TPSA) is 98.3 Å². The van der Waals surface area contributed by atoms with E-state index in [1.807, 2.05) is 6.92 Å². The highest BCUT2D eigenvalue weighted by atomic mass is 16.6. The Morgan fingerprint density at radius 1 is 1.56 bits per heavy atom. The zero-order chi connectivity index (χ0) is 12.1. The summed E-state index contributed by atoms with van der Waals surface area (Å²) >= 11 is 0. The highest BCUT2D eigenvalue weighted by molar-refractivity contribution is 5.94. The first-order valence-corrected chi connectivity index (χ1v) is 4.88. The zero-order valence-corrected chi connectivity index (χ0v) is 8.90. The van der Waals surface area contributed by atoms with Gasteiger partial charge in [0.1, 0.15) is 5.69 Å². The molecule has 0 aliphatic carbocycles. The van der Waals surface area contributed by atoms with Crippen LogP contribution in [-0.2, 0) is 0 Å². The van der Waals surface area contributed by atoms with Gasteiger partial charge in [-0.1, -0.05) is 6.92 Å². The molecule has 3 N–H and O–H groups in total. The fraction of sp³-hybridized carbons (Fsp3) is 0.300. The Labute approximate surface area is 92.6 Å². The summed E-state index contributed by atoms with van der Waals surface area (Å²) in [5.74, 6) is -0.676. The molecular formula is C10H13N3O3. The molecule has 0 aliphatic rings. The van der Waals surface area contributed by atoms with E-state index in [1.165, 1.54) is 18.2 Å². The summed E-state index contributed by atoms with van der Waals surface area (Å²) in [6.45, 7) is 2.59. The number of nitrogens with one attached hydrogen (secondary N) is 1. The lowest BCUT2D eigenvalue weighted by Crippen LogP contribution is -2.12. The summed E-state index contributed by atoms with van der Waals surface area (Å²) in [5.41, 5.74) is 5.45. The molecule has 0 unspecified atom stereocenters. The Morgan fingerprint density at radius 2 is 2.25 bits per heavy atom. The molecule has 0 fully saturated rings. The van der Waals surface area contributed by atoms with Crippen molar-refractivity contribution in [3.05, 3.63) is 33.9 Å². The van der Waals surface area contributed by atoms with Crippen molar-refractivity contribution < 1.29 is 9.72 Å². The van der Waals surface area contributed by atoms with Crippen LogP contribution < -0.4 is 11.1 Å². The molecule has 0 aliphatic heterocycles. The summed E-state index contributed by atoms with van der Waals surface area (Å²) in [4.78, 5) is 21.1. The number of carbonyl (C=O) groups excluding carboxylic acids is 1. The average Bonchev–Trinajstić information content (AvgIpc) is 2.25. The van der Waals surface area contributed by atoms with E-state index in [4.69, 9.17) is 5.73 Å². The second-order valence-electron chi connectivity index (χ2n) is 3.28. The molecule has 1 rings (SSSR count). The van der Waals surface area contributed by atoms with Crippen LogP contribution in [0.5, 0.6) is 0 Å². The van der Waals surface area contributed by atoms with Crippen LogP contribution in [0.3, 0.4) is 0 Å². The lowest BCUT2D eigenvalue weighted by atomic mass is 10.1. The molecule has 1 amide bonds. The second-order valence-corrected chi connectivity index (χ2v) is 3.28. The Kier molecular flexibility index (Phi) is 3.82. The largest absolute Gasteiger partial charge is 0.380 e. The standard InChI is InChI=1S/C10H13N3O3/c1-2-5-12-8-4-3-7(10(11)14)6-9(8)13(15)16/h3-4,6,12H,2,5H2,1H3,(H2,11,14). The number of primary amides is 1. The average molecular weight is 223 g/mol. The minimum atomic E-state index is -0.676. The van der Waals surface area contributed by atoms with Crippen LogP contribution in [-0.4, -0.2) is 17.4 Å². The molecule has 1 aromatic carbocycles. The predicted molar refractivity (Wildman–Crippen MR) is 60.4 cm³/mol. The molecule has 0 aromatic heterocycles. The first kappa shape index (κ1) is 12.0. The molecule has 0 saturated heterocycles. The molecular weight excluding hydrogens is 210 g/mol. The quantitative estimate of drug-likeness (QED) is 0.584.